The summed E-state index contributed by atoms with van der Waals surface area (Å²) < 4.78 is 8.32. The third kappa shape index (κ3) is 3.84. The molecule has 0 bridgehead atoms. The lowest BCUT2D eigenvalue weighted by Gasteiger charge is -2.09. The summed E-state index contributed by atoms with van der Waals surface area (Å²) in [5.41, 5.74) is 2.09. The molecule has 4 aromatic rings. The van der Waals surface area contributed by atoms with Crippen molar-refractivity contribution in [3.05, 3.63) is 81.9 Å². The molecule has 0 aliphatic carbocycles. The van der Waals surface area contributed by atoms with Crippen molar-refractivity contribution in [3.8, 4) is 0 Å². The zero-order valence-corrected chi connectivity index (χ0v) is 15.6. The van der Waals surface area contributed by atoms with Crippen LogP contribution in [0.2, 0.25) is 5.02 Å². The molecule has 1 N–H and O–H groups in total. The normalized spacial score (nSPS) is 11.0. The van der Waals surface area contributed by atoms with E-state index in [0.29, 0.717) is 28.5 Å². The minimum atomic E-state index is -0.515. The minimum Gasteiger partial charge on any atom is -0.408 e. The summed E-state index contributed by atoms with van der Waals surface area (Å²) in [6, 6.07) is 16.6. The number of amides is 1. The highest BCUT2D eigenvalue weighted by atomic mass is 35.5. The predicted octanol–water partition coefficient (Wildman–Crippen LogP) is 3.52. The Balaban J connectivity index is 1.43. The van der Waals surface area contributed by atoms with E-state index in [2.05, 4.69) is 10.4 Å². The number of benzene rings is 2. The first-order chi connectivity index (χ1) is 13.6. The minimum absolute atomic E-state index is 0.119. The van der Waals surface area contributed by atoms with E-state index >= 15 is 0 Å². The highest BCUT2D eigenvalue weighted by Gasteiger charge is 2.13. The van der Waals surface area contributed by atoms with E-state index in [4.69, 9.17) is 16.0 Å². The van der Waals surface area contributed by atoms with Crippen molar-refractivity contribution in [2.45, 2.75) is 19.5 Å². The topological polar surface area (TPSA) is 82.1 Å². The van der Waals surface area contributed by atoms with E-state index in [1.807, 2.05) is 30.3 Å². The molecule has 0 aliphatic heterocycles. The Labute approximate surface area is 165 Å². The van der Waals surface area contributed by atoms with Gasteiger partial charge in [-0.25, -0.2) is 9.48 Å². The second kappa shape index (κ2) is 7.74. The van der Waals surface area contributed by atoms with E-state index in [-0.39, 0.29) is 18.9 Å². The molecule has 8 heteroatoms. The number of hydrogen-bond acceptors (Lipinski definition) is 4. The molecular weight excluding hydrogens is 380 g/mol. The predicted molar refractivity (Wildman–Crippen MR) is 107 cm³/mol. The standard InChI is InChI=1S/C20H17ClN4O3/c21-15-6-7-16-17(12-15)28-20(27)24(16)11-9-19(26)23-18-8-10-22-25(18)13-14-4-2-1-3-5-14/h1-8,10,12H,9,11,13H2,(H,23,26). The van der Waals surface area contributed by atoms with Gasteiger partial charge in [-0.2, -0.15) is 5.10 Å². The van der Waals surface area contributed by atoms with Crippen LogP contribution in [0.3, 0.4) is 0 Å². The Morgan fingerprint density at radius 2 is 1.96 bits per heavy atom. The summed E-state index contributed by atoms with van der Waals surface area (Å²) in [6.07, 6.45) is 1.75. The number of rotatable bonds is 6. The Morgan fingerprint density at radius 3 is 2.79 bits per heavy atom. The summed E-state index contributed by atoms with van der Waals surface area (Å²) >= 11 is 5.92. The van der Waals surface area contributed by atoms with Crippen LogP contribution in [0.25, 0.3) is 11.1 Å². The molecule has 0 spiro atoms. The van der Waals surface area contributed by atoms with E-state index in [9.17, 15) is 9.59 Å². The van der Waals surface area contributed by atoms with Crippen LogP contribution in [-0.4, -0.2) is 20.3 Å². The van der Waals surface area contributed by atoms with E-state index in [0.717, 1.165) is 5.56 Å². The number of oxazole rings is 1. The smallest absolute Gasteiger partial charge is 0.408 e. The van der Waals surface area contributed by atoms with Crippen molar-refractivity contribution in [2.24, 2.45) is 0 Å². The van der Waals surface area contributed by atoms with E-state index in [1.165, 1.54) is 4.57 Å². The zero-order valence-electron chi connectivity index (χ0n) is 14.8. The molecule has 7 nitrogen and oxygen atoms in total. The van der Waals surface area contributed by atoms with Crippen LogP contribution in [0.5, 0.6) is 0 Å². The molecule has 0 aliphatic rings. The maximum Gasteiger partial charge on any atom is 0.419 e. The molecule has 28 heavy (non-hydrogen) atoms. The number of nitrogens with one attached hydrogen (secondary N) is 1. The van der Waals surface area contributed by atoms with Crippen molar-refractivity contribution in [1.29, 1.82) is 0 Å². The summed E-state index contributed by atoms with van der Waals surface area (Å²) in [5, 5.41) is 7.59. The van der Waals surface area contributed by atoms with Crippen LogP contribution < -0.4 is 11.1 Å². The fraction of sp³-hybridized carbons (Fsp3) is 0.150. The third-order valence-electron chi connectivity index (χ3n) is 4.35. The van der Waals surface area contributed by atoms with E-state index in [1.54, 1.807) is 35.1 Å². The molecule has 2 heterocycles. The summed E-state index contributed by atoms with van der Waals surface area (Å²) in [5.74, 6) is -0.130. The van der Waals surface area contributed by atoms with Gasteiger partial charge >= 0.3 is 5.76 Å². The van der Waals surface area contributed by atoms with Crippen LogP contribution in [0, 0.1) is 0 Å². The van der Waals surface area contributed by atoms with Gasteiger partial charge in [0.1, 0.15) is 5.82 Å². The lowest BCUT2D eigenvalue weighted by molar-refractivity contribution is -0.116. The summed E-state index contributed by atoms with van der Waals surface area (Å²) in [4.78, 5) is 24.4. The van der Waals surface area contributed by atoms with Gasteiger partial charge in [-0.3, -0.25) is 9.36 Å². The molecule has 0 saturated heterocycles. The maximum atomic E-state index is 12.4. The molecule has 2 aromatic carbocycles. The Bertz CT molecular complexity index is 1180. The number of nitrogens with zero attached hydrogens (tertiary/aromatic N) is 3. The largest absolute Gasteiger partial charge is 0.419 e. The van der Waals surface area contributed by atoms with Gasteiger partial charge in [0, 0.05) is 30.1 Å². The number of aromatic nitrogens is 3. The number of carbonyl (C=O) groups is 1. The lowest BCUT2D eigenvalue weighted by Crippen LogP contribution is -2.21. The van der Waals surface area contributed by atoms with E-state index < -0.39 is 5.76 Å². The average Bonchev–Trinajstić information content (AvgIpc) is 3.23. The van der Waals surface area contributed by atoms with Gasteiger partial charge in [0.15, 0.2) is 5.58 Å². The molecule has 4 rings (SSSR count). The first-order valence-electron chi connectivity index (χ1n) is 8.74. The van der Waals surface area contributed by atoms with Gasteiger partial charge in [0.25, 0.3) is 0 Å². The number of hydrogen-bond donors (Lipinski definition) is 1. The summed E-state index contributed by atoms with van der Waals surface area (Å²) in [6.45, 7) is 0.752. The van der Waals surface area contributed by atoms with Crippen LogP contribution in [0.15, 0.2) is 70.0 Å². The second-order valence-electron chi connectivity index (χ2n) is 6.29. The highest BCUT2D eigenvalue weighted by molar-refractivity contribution is 6.31. The molecule has 2 aromatic heterocycles. The van der Waals surface area contributed by atoms with Gasteiger partial charge in [0.2, 0.25) is 5.91 Å². The fourth-order valence-corrected chi connectivity index (χ4v) is 3.15. The lowest BCUT2D eigenvalue weighted by atomic mass is 10.2. The Kier molecular flexibility index (Phi) is 4.99. The molecule has 1 amide bonds. The molecule has 0 fully saturated rings. The van der Waals surface area contributed by atoms with Crippen LogP contribution in [0.4, 0.5) is 5.82 Å². The number of halogens is 1. The molecular formula is C20H17ClN4O3. The second-order valence-corrected chi connectivity index (χ2v) is 6.73. The van der Waals surface area contributed by atoms with Crippen molar-refractivity contribution < 1.29 is 9.21 Å². The van der Waals surface area contributed by atoms with Crippen molar-refractivity contribution in [1.82, 2.24) is 14.3 Å². The fourth-order valence-electron chi connectivity index (χ4n) is 2.99. The summed E-state index contributed by atoms with van der Waals surface area (Å²) in [7, 11) is 0. The van der Waals surface area contributed by atoms with Gasteiger partial charge in [0.05, 0.1) is 18.3 Å². The number of fused-ring (bicyclic) bond motifs is 1. The average molecular weight is 397 g/mol. The number of aryl methyl sites for hydroxylation is 1. The van der Waals surface area contributed by atoms with Crippen LogP contribution in [0.1, 0.15) is 12.0 Å². The molecule has 142 valence electrons. The number of anilines is 1. The molecule has 0 radical (unpaired) electrons. The third-order valence-corrected chi connectivity index (χ3v) is 4.59. The monoisotopic (exact) mass is 396 g/mol. The Morgan fingerprint density at radius 1 is 1.14 bits per heavy atom. The molecule has 0 atom stereocenters. The maximum absolute atomic E-state index is 12.4. The number of carbonyl (C=O) groups excluding carboxylic acids is 1. The van der Waals surface area contributed by atoms with Crippen LogP contribution >= 0.6 is 11.6 Å². The highest BCUT2D eigenvalue weighted by Crippen LogP contribution is 2.18. The van der Waals surface area contributed by atoms with Crippen molar-refractivity contribution in [3.63, 3.8) is 0 Å². The van der Waals surface area contributed by atoms with Gasteiger partial charge in [-0.15, -0.1) is 0 Å². The van der Waals surface area contributed by atoms with Crippen LogP contribution in [-0.2, 0) is 17.9 Å². The van der Waals surface area contributed by atoms with Gasteiger partial charge in [-0.1, -0.05) is 41.9 Å². The van der Waals surface area contributed by atoms with Gasteiger partial charge in [-0.05, 0) is 17.7 Å². The van der Waals surface area contributed by atoms with Gasteiger partial charge < -0.3 is 9.73 Å². The van der Waals surface area contributed by atoms with Crippen molar-refractivity contribution in [2.75, 3.05) is 5.32 Å². The van der Waals surface area contributed by atoms with Crippen molar-refractivity contribution >= 4 is 34.4 Å². The Hall–Kier alpha value is -3.32. The quantitative estimate of drug-likeness (QED) is 0.540. The molecule has 0 unspecified atom stereocenters. The molecule has 0 saturated carbocycles. The SMILES string of the molecule is O=C(CCn1c(=O)oc2cc(Cl)ccc21)Nc1ccnn1Cc1ccccc1. The first-order valence-corrected chi connectivity index (χ1v) is 9.12. The zero-order chi connectivity index (χ0) is 19.5. The first kappa shape index (κ1) is 18.1.